The standard InChI is InChI=1S/C20H19O4P.C2H6/c21-25(24-20-14-8-3-9-15-20,22-16-18-10-4-1-5-11-18)23-17-19-12-6-2-7-13-19;1-2/h1-15H,16-17H2;1-2H3. The Labute approximate surface area is 161 Å². The van der Waals surface area contributed by atoms with Crippen LogP contribution in [0.3, 0.4) is 0 Å². The lowest BCUT2D eigenvalue weighted by Gasteiger charge is -2.18. The highest BCUT2D eigenvalue weighted by molar-refractivity contribution is 7.48. The molecule has 0 bridgehead atoms. The van der Waals surface area contributed by atoms with Gasteiger partial charge in [0.1, 0.15) is 5.75 Å². The Hall–Kier alpha value is -2.39. The van der Waals surface area contributed by atoms with Gasteiger partial charge in [-0.05, 0) is 23.3 Å². The maximum Gasteiger partial charge on any atom is 0.530 e. The van der Waals surface area contributed by atoms with Gasteiger partial charge in [0.05, 0.1) is 13.2 Å². The van der Waals surface area contributed by atoms with Crippen molar-refractivity contribution in [2.75, 3.05) is 0 Å². The van der Waals surface area contributed by atoms with Gasteiger partial charge in [0.2, 0.25) is 0 Å². The zero-order valence-corrected chi connectivity index (χ0v) is 16.5. The molecule has 0 saturated carbocycles. The number of phosphoric ester groups is 1. The van der Waals surface area contributed by atoms with Crippen molar-refractivity contribution in [3.63, 3.8) is 0 Å². The largest absolute Gasteiger partial charge is 0.530 e. The number of para-hydroxylation sites is 1. The molecule has 0 radical (unpaired) electrons. The highest BCUT2D eigenvalue weighted by Gasteiger charge is 2.29. The van der Waals surface area contributed by atoms with E-state index in [9.17, 15) is 4.57 Å². The third-order valence-corrected chi connectivity index (χ3v) is 4.75. The first-order valence-corrected chi connectivity index (χ1v) is 10.4. The molecule has 0 aliphatic carbocycles. The molecule has 0 aliphatic heterocycles. The molecule has 0 fully saturated rings. The van der Waals surface area contributed by atoms with Gasteiger partial charge >= 0.3 is 7.82 Å². The number of phosphoric acid groups is 1. The van der Waals surface area contributed by atoms with Crippen molar-refractivity contribution < 1.29 is 18.1 Å². The third kappa shape index (κ3) is 7.40. The zero-order chi connectivity index (χ0) is 19.4. The maximum atomic E-state index is 13.1. The van der Waals surface area contributed by atoms with E-state index in [4.69, 9.17) is 13.6 Å². The Balaban J connectivity index is 0.00000126. The molecule has 0 heterocycles. The quantitative estimate of drug-likeness (QED) is 0.409. The summed E-state index contributed by atoms with van der Waals surface area (Å²) in [4.78, 5) is 0. The van der Waals surface area contributed by atoms with Crippen molar-refractivity contribution in [3.8, 4) is 5.75 Å². The van der Waals surface area contributed by atoms with Crippen LogP contribution in [0.4, 0.5) is 0 Å². The topological polar surface area (TPSA) is 44.8 Å². The first kappa shape index (κ1) is 20.9. The van der Waals surface area contributed by atoms with Crippen molar-refractivity contribution in [1.82, 2.24) is 0 Å². The number of rotatable bonds is 8. The lowest BCUT2D eigenvalue weighted by molar-refractivity contribution is 0.143. The van der Waals surface area contributed by atoms with Gasteiger partial charge in [-0.3, -0.25) is 9.05 Å². The smallest absolute Gasteiger partial charge is 0.404 e. The summed E-state index contributed by atoms with van der Waals surface area (Å²) in [5.74, 6) is 0.437. The van der Waals surface area contributed by atoms with Crippen LogP contribution in [0.2, 0.25) is 0 Å². The molecular formula is C22H25O4P. The van der Waals surface area contributed by atoms with E-state index >= 15 is 0 Å². The molecule has 0 amide bonds. The summed E-state index contributed by atoms with van der Waals surface area (Å²) < 4.78 is 29.7. The average Bonchev–Trinajstić information content (AvgIpc) is 2.75. The van der Waals surface area contributed by atoms with Crippen LogP contribution in [0.25, 0.3) is 0 Å². The van der Waals surface area contributed by atoms with E-state index in [0.29, 0.717) is 5.75 Å². The molecular weight excluding hydrogens is 359 g/mol. The number of benzene rings is 3. The molecule has 0 atom stereocenters. The predicted octanol–water partition coefficient (Wildman–Crippen LogP) is 6.63. The van der Waals surface area contributed by atoms with Crippen LogP contribution in [0.1, 0.15) is 25.0 Å². The normalized spacial score (nSPS) is 10.6. The second kappa shape index (κ2) is 11.3. The summed E-state index contributed by atoms with van der Waals surface area (Å²) in [7, 11) is -3.77. The van der Waals surface area contributed by atoms with Crippen LogP contribution in [0.15, 0.2) is 91.0 Å². The van der Waals surface area contributed by atoms with Gasteiger partial charge in [-0.1, -0.05) is 92.7 Å². The first-order valence-electron chi connectivity index (χ1n) is 8.95. The third-order valence-electron chi connectivity index (χ3n) is 3.42. The first-order chi connectivity index (χ1) is 13.2. The molecule has 27 heavy (non-hydrogen) atoms. The van der Waals surface area contributed by atoms with Crippen LogP contribution in [-0.4, -0.2) is 0 Å². The fraction of sp³-hybridized carbons (Fsp3) is 0.182. The van der Waals surface area contributed by atoms with E-state index in [1.807, 2.05) is 80.6 Å². The zero-order valence-electron chi connectivity index (χ0n) is 15.7. The molecule has 3 rings (SSSR count). The Bertz CT molecular complexity index is 760. The van der Waals surface area contributed by atoms with Gasteiger partial charge in [0.25, 0.3) is 0 Å². The van der Waals surface area contributed by atoms with Crippen LogP contribution in [0, 0.1) is 0 Å². The summed E-state index contributed by atoms with van der Waals surface area (Å²) in [5.41, 5.74) is 1.78. The summed E-state index contributed by atoms with van der Waals surface area (Å²) in [6, 6.07) is 27.9. The highest BCUT2D eigenvalue weighted by atomic mass is 31.2. The van der Waals surface area contributed by atoms with Crippen molar-refractivity contribution in [3.05, 3.63) is 102 Å². The lowest BCUT2D eigenvalue weighted by Crippen LogP contribution is -2.03. The molecule has 0 aliphatic rings. The van der Waals surface area contributed by atoms with Gasteiger partial charge in [0.15, 0.2) is 0 Å². The molecule has 3 aromatic rings. The van der Waals surface area contributed by atoms with Gasteiger partial charge in [-0.25, -0.2) is 4.57 Å². The summed E-state index contributed by atoms with van der Waals surface area (Å²) >= 11 is 0. The molecule has 142 valence electrons. The van der Waals surface area contributed by atoms with E-state index in [1.54, 1.807) is 24.3 Å². The van der Waals surface area contributed by atoms with Gasteiger partial charge in [0, 0.05) is 0 Å². The van der Waals surface area contributed by atoms with Crippen molar-refractivity contribution in [1.29, 1.82) is 0 Å². The SMILES string of the molecule is CC.O=P(OCc1ccccc1)(OCc1ccccc1)Oc1ccccc1. The maximum absolute atomic E-state index is 13.1. The molecule has 5 heteroatoms. The average molecular weight is 384 g/mol. The molecule has 0 aromatic heterocycles. The monoisotopic (exact) mass is 384 g/mol. The van der Waals surface area contributed by atoms with Crippen molar-refractivity contribution >= 4 is 7.82 Å². The predicted molar refractivity (Wildman–Crippen MR) is 108 cm³/mol. The molecule has 0 saturated heterocycles. The van der Waals surface area contributed by atoms with Crippen molar-refractivity contribution in [2.45, 2.75) is 27.1 Å². The van der Waals surface area contributed by atoms with E-state index in [1.165, 1.54) is 0 Å². The lowest BCUT2D eigenvalue weighted by atomic mass is 10.2. The molecule has 4 nitrogen and oxygen atoms in total. The van der Waals surface area contributed by atoms with E-state index in [0.717, 1.165) is 11.1 Å². The van der Waals surface area contributed by atoms with Gasteiger partial charge < -0.3 is 4.52 Å². The fourth-order valence-electron chi connectivity index (χ4n) is 2.16. The molecule has 0 spiro atoms. The minimum atomic E-state index is -3.77. The minimum absolute atomic E-state index is 0.139. The highest BCUT2D eigenvalue weighted by Crippen LogP contribution is 2.50. The van der Waals surface area contributed by atoms with Crippen LogP contribution < -0.4 is 4.52 Å². The van der Waals surface area contributed by atoms with E-state index < -0.39 is 7.82 Å². The molecule has 0 unspecified atom stereocenters. The van der Waals surface area contributed by atoms with E-state index in [-0.39, 0.29) is 13.2 Å². The summed E-state index contributed by atoms with van der Waals surface area (Å²) in [5, 5.41) is 0. The fourth-order valence-corrected chi connectivity index (χ4v) is 3.33. The minimum Gasteiger partial charge on any atom is -0.404 e. The number of hydrogen-bond donors (Lipinski definition) is 0. The van der Waals surface area contributed by atoms with Gasteiger partial charge in [-0.2, -0.15) is 0 Å². The Morgan fingerprint density at radius 3 is 1.41 bits per heavy atom. The van der Waals surface area contributed by atoms with Crippen LogP contribution in [0.5, 0.6) is 5.75 Å². The summed E-state index contributed by atoms with van der Waals surface area (Å²) in [6.07, 6.45) is 0. The summed E-state index contributed by atoms with van der Waals surface area (Å²) in [6.45, 7) is 4.28. The molecule has 0 N–H and O–H groups in total. The number of hydrogen-bond acceptors (Lipinski definition) is 4. The van der Waals surface area contributed by atoms with Crippen molar-refractivity contribution in [2.24, 2.45) is 0 Å². The van der Waals surface area contributed by atoms with Gasteiger partial charge in [-0.15, -0.1) is 0 Å². The Kier molecular flexibility index (Phi) is 8.79. The molecule has 3 aromatic carbocycles. The van der Waals surface area contributed by atoms with Crippen LogP contribution in [-0.2, 0) is 26.8 Å². The second-order valence-electron chi connectivity index (χ2n) is 5.37. The van der Waals surface area contributed by atoms with Crippen LogP contribution >= 0.6 is 7.82 Å². The second-order valence-corrected chi connectivity index (χ2v) is 6.96. The Morgan fingerprint density at radius 1 is 0.630 bits per heavy atom. The van der Waals surface area contributed by atoms with E-state index in [2.05, 4.69) is 0 Å². The Morgan fingerprint density at radius 2 is 1.00 bits per heavy atom.